The van der Waals surface area contributed by atoms with E-state index in [1.807, 2.05) is 14.1 Å². The van der Waals surface area contributed by atoms with Gasteiger partial charge in [-0.3, -0.25) is 0 Å². The third kappa shape index (κ3) is 2.19. The summed E-state index contributed by atoms with van der Waals surface area (Å²) in [7, 11) is 4.09. The molecule has 0 saturated heterocycles. The van der Waals surface area contributed by atoms with Crippen LogP contribution in [-0.2, 0) is 0 Å². The molecule has 0 aromatic rings. The van der Waals surface area contributed by atoms with E-state index in [4.69, 9.17) is 0 Å². The molecule has 3 nitrogen and oxygen atoms in total. The van der Waals surface area contributed by atoms with Crippen molar-refractivity contribution < 1.29 is 0 Å². The predicted octanol–water partition coefficient (Wildman–Crippen LogP) is 0.426. The minimum atomic E-state index is 0.939. The fourth-order valence-corrected chi connectivity index (χ4v) is 0.725. The van der Waals surface area contributed by atoms with Crippen LogP contribution in [0.4, 0.5) is 0 Å². The molecular weight excluding hydrogens is 126 g/mol. The molecule has 0 fully saturated rings. The van der Waals surface area contributed by atoms with Crippen LogP contribution in [0.25, 0.3) is 0 Å². The number of aliphatic imine (C=N–C) groups is 1. The van der Waals surface area contributed by atoms with Crippen molar-refractivity contribution in [1.29, 1.82) is 0 Å². The summed E-state index contributed by atoms with van der Waals surface area (Å²) in [6.45, 7) is 1.02. The molecule has 0 aliphatic carbocycles. The molecule has 1 rings (SSSR count). The van der Waals surface area contributed by atoms with Gasteiger partial charge in [-0.05, 0) is 14.1 Å². The summed E-state index contributed by atoms with van der Waals surface area (Å²) >= 11 is 0. The van der Waals surface area contributed by atoms with E-state index in [2.05, 4.69) is 15.2 Å². The van der Waals surface area contributed by atoms with Gasteiger partial charge in [0.15, 0.2) is 0 Å². The maximum Gasteiger partial charge on any atom is 0.129 e. The van der Waals surface area contributed by atoms with Crippen LogP contribution in [0.2, 0.25) is 0 Å². The summed E-state index contributed by atoms with van der Waals surface area (Å²) in [5.74, 6) is 0.939. The highest BCUT2D eigenvalue weighted by molar-refractivity contribution is 5.85. The van der Waals surface area contributed by atoms with Gasteiger partial charge in [-0.15, -0.1) is 0 Å². The van der Waals surface area contributed by atoms with Crippen molar-refractivity contribution in [1.82, 2.24) is 10.2 Å². The standard InChI is InChI=1S/C7H12N3/c1-10(2)6-3-7-8-4-5-9-7/h4-5H,3,6H2,1-2H3. The lowest BCUT2D eigenvalue weighted by Crippen LogP contribution is -2.18. The minimum absolute atomic E-state index is 0.939. The molecule has 0 aromatic heterocycles. The van der Waals surface area contributed by atoms with Gasteiger partial charge in [0, 0.05) is 25.4 Å². The first-order valence-electron chi connectivity index (χ1n) is 3.36. The van der Waals surface area contributed by atoms with Crippen molar-refractivity contribution in [3.8, 4) is 0 Å². The average Bonchev–Trinajstić information content (AvgIpc) is 2.34. The number of nitrogens with zero attached hydrogens (tertiary/aromatic N) is 3. The lowest BCUT2D eigenvalue weighted by molar-refractivity contribution is 0.421. The first-order chi connectivity index (χ1) is 4.79. The van der Waals surface area contributed by atoms with Gasteiger partial charge in [-0.1, -0.05) is 0 Å². The fourth-order valence-electron chi connectivity index (χ4n) is 0.725. The largest absolute Gasteiger partial charge is 0.309 e. The van der Waals surface area contributed by atoms with Crippen molar-refractivity contribution in [2.45, 2.75) is 6.42 Å². The third-order valence-electron chi connectivity index (χ3n) is 1.30. The minimum Gasteiger partial charge on any atom is -0.309 e. The van der Waals surface area contributed by atoms with E-state index in [1.165, 1.54) is 0 Å². The Labute approximate surface area is 61.4 Å². The Hall–Kier alpha value is -0.830. The van der Waals surface area contributed by atoms with Gasteiger partial charge in [0.05, 0.1) is 0 Å². The monoisotopic (exact) mass is 138 g/mol. The Kier molecular flexibility index (Phi) is 2.45. The zero-order valence-corrected chi connectivity index (χ0v) is 6.41. The summed E-state index contributed by atoms with van der Waals surface area (Å²) in [5, 5.41) is 4.05. The highest BCUT2D eigenvalue weighted by Crippen LogP contribution is 1.94. The van der Waals surface area contributed by atoms with E-state index in [0.717, 1.165) is 18.8 Å². The molecule has 10 heavy (non-hydrogen) atoms. The van der Waals surface area contributed by atoms with Crippen LogP contribution >= 0.6 is 0 Å². The van der Waals surface area contributed by atoms with Crippen LogP contribution in [0, 0.1) is 0 Å². The smallest absolute Gasteiger partial charge is 0.129 e. The van der Waals surface area contributed by atoms with Crippen molar-refractivity contribution in [3.63, 3.8) is 0 Å². The zero-order chi connectivity index (χ0) is 7.40. The molecule has 1 aliphatic heterocycles. The van der Waals surface area contributed by atoms with E-state index < -0.39 is 0 Å². The van der Waals surface area contributed by atoms with Crippen LogP contribution in [0.5, 0.6) is 0 Å². The van der Waals surface area contributed by atoms with E-state index in [1.54, 1.807) is 12.4 Å². The van der Waals surface area contributed by atoms with Gasteiger partial charge >= 0.3 is 0 Å². The number of hydrogen-bond acceptors (Lipinski definition) is 2. The van der Waals surface area contributed by atoms with Crippen LogP contribution in [0.3, 0.4) is 0 Å². The van der Waals surface area contributed by atoms with Gasteiger partial charge in [0.2, 0.25) is 0 Å². The van der Waals surface area contributed by atoms with Gasteiger partial charge in [0.25, 0.3) is 0 Å². The van der Waals surface area contributed by atoms with Crippen LogP contribution in [0.1, 0.15) is 6.42 Å². The highest BCUT2D eigenvalue weighted by Gasteiger charge is 2.01. The molecule has 0 unspecified atom stereocenters. The summed E-state index contributed by atoms with van der Waals surface area (Å²) < 4.78 is 0. The molecule has 0 amide bonds. The summed E-state index contributed by atoms with van der Waals surface area (Å²) in [6, 6.07) is 0. The Morgan fingerprint density at radius 1 is 1.40 bits per heavy atom. The second-order valence-electron chi connectivity index (χ2n) is 2.53. The van der Waals surface area contributed by atoms with E-state index in [9.17, 15) is 0 Å². The topological polar surface area (TPSA) is 29.7 Å². The molecule has 1 heterocycles. The Morgan fingerprint density at radius 3 is 2.70 bits per heavy atom. The first-order valence-corrected chi connectivity index (χ1v) is 3.36. The van der Waals surface area contributed by atoms with Crippen LogP contribution in [0.15, 0.2) is 17.4 Å². The summed E-state index contributed by atoms with van der Waals surface area (Å²) in [5.41, 5.74) is 0. The number of amidine groups is 1. The molecule has 0 spiro atoms. The second kappa shape index (κ2) is 3.37. The van der Waals surface area contributed by atoms with E-state index in [0.29, 0.717) is 0 Å². The molecule has 3 heteroatoms. The van der Waals surface area contributed by atoms with Crippen molar-refractivity contribution in [3.05, 3.63) is 12.4 Å². The quantitative estimate of drug-likeness (QED) is 0.556. The third-order valence-corrected chi connectivity index (χ3v) is 1.30. The van der Waals surface area contributed by atoms with Crippen LogP contribution < -0.4 is 5.32 Å². The Bertz CT molecular complexity index is 158. The lowest BCUT2D eigenvalue weighted by atomic mass is 10.4. The van der Waals surface area contributed by atoms with Crippen molar-refractivity contribution in [2.24, 2.45) is 4.99 Å². The molecule has 1 radical (unpaired) electrons. The summed E-state index contributed by atoms with van der Waals surface area (Å²) in [4.78, 5) is 6.17. The zero-order valence-electron chi connectivity index (χ0n) is 6.41. The Morgan fingerprint density at radius 2 is 2.20 bits per heavy atom. The maximum absolute atomic E-state index is 4.05. The SMILES string of the molecule is CN(C)CCC1=NC=C[N]1. The second-order valence-corrected chi connectivity index (χ2v) is 2.53. The highest BCUT2D eigenvalue weighted by atomic mass is 15.1. The molecular formula is C7H12N3. The molecule has 0 N–H and O–H groups in total. The van der Waals surface area contributed by atoms with Crippen molar-refractivity contribution in [2.75, 3.05) is 20.6 Å². The molecule has 0 aromatic carbocycles. The first kappa shape index (κ1) is 7.28. The van der Waals surface area contributed by atoms with Crippen LogP contribution in [-0.4, -0.2) is 31.4 Å². The molecule has 0 atom stereocenters. The number of rotatable bonds is 3. The molecule has 0 bridgehead atoms. The molecule has 1 aliphatic rings. The molecule has 0 saturated carbocycles. The van der Waals surface area contributed by atoms with Crippen molar-refractivity contribution >= 4 is 5.84 Å². The fraction of sp³-hybridized carbons (Fsp3) is 0.571. The summed E-state index contributed by atoms with van der Waals surface area (Å²) in [6.07, 6.45) is 4.40. The predicted molar refractivity (Wildman–Crippen MR) is 41.9 cm³/mol. The molecule has 55 valence electrons. The van der Waals surface area contributed by atoms with Gasteiger partial charge in [-0.25, -0.2) is 10.3 Å². The Balaban J connectivity index is 2.15. The maximum atomic E-state index is 4.05. The van der Waals surface area contributed by atoms with Gasteiger partial charge < -0.3 is 4.90 Å². The lowest BCUT2D eigenvalue weighted by Gasteiger charge is -2.07. The van der Waals surface area contributed by atoms with E-state index >= 15 is 0 Å². The van der Waals surface area contributed by atoms with Gasteiger partial charge in [0.1, 0.15) is 5.84 Å². The van der Waals surface area contributed by atoms with E-state index in [-0.39, 0.29) is 0 Å². The normalized spacial score (nSPS) is 15.7. The number of hydrogen-bond donors (Lipinski definition) is 0. The van der Waals surface area contributed by atoms with Gasteiger partial charge in [-0.2, -0.15) is 0 Å². The average molecular weight is 138 g/mol.